The van der Waals surface area contributed by atoms with Crippen LogP contribution in [0.25, 0.3) is 11.1 Å². The molecule has 0 fully saturated rings. The molecule has 0 amide bonds. The highest BCUT2D eigenvalue weighted by Crippen LogP contribution is 2.29. The van der Waals surface area contributed by atoms with Crippen molar-refractivity contribution in [3.63, 3.8) is 0 Å². The number of ketones is 1. The molecule has 3 rings (SSSR count). The zero-order valence-electron chi connectivity index (χ0n) is 17.6. The molecular formula is C26H28ClNO2. The topological polar surface area (TPSA) is 38.3 Å². The molecule has 3 aromatic carbocycles. The van der Waals surface area contributed by atoms with E-state index in [1.165, 1.54) is 16.7 Å². The van der Waals surface area contributed by atoms with Crippen LogP contribution >= 0.6 is 11.6 Å². The summed E-state index contributed by atoms with van der Waals surface area (Å²) < 4.78 is 6.03. The van der Waals surface area contributed by atoms with E-state index >= 15 is 0 Å². The Kier molecular flexibility index (Phi) is 8.06. The molecular weight excluding hydrogens is 394 g/mol. The van der Waals surface area contributed by atoms with Crippen LogP contribution in [0.3, 0.4) is 0 Å². The summed E-state index contributed by atoms with van der Waals surface area (Å²) in [5.74, 6) is 0.910. The van der Waals surface area contributed by atoms with Gasteiger partial charge in [0.25, 0.3) is 0 Å². The van der Waals surface area contributed by atoms with E-state index in [9.17, 15) is 4.79 Å². The molecule has 0 heterocycles. The van der Waals surface area contributed by atoms with Crippen LogP contribution in [0, 0.1) is 6.92 Å². The molecule has 3 aromatic rings. The van der Waals surface area contributed by atoms with E-state index in [4.69, 9.17) is 16.3 Å². The van der Waals surface area contributed by atoms with E-state index < -0.39 is 0 Å². The molecule has 0 saturated heterocycles. The van der Waals surface area contributed by atoms with Gasteiger partial charge in [0.1, 0.15) is 18.1 Å². The number of nitrogens with one attached hydrogen (secondary N) is 1. The quantitative estimate of drug-likeness (QED) is 0.387. The maximum atomic E-state index is 11.0. The van der Waals surface area contributed by atoms with E-state index in [2.05, 4.69) is 54.7 Å². The third-order valence-electron chi connectivity index (χ3n) is 5.12. The highest BCUT2D eigenvalue weighted by atomic mass is 35.5. The first-order valence-electron chi connectivity index (χ1n) is 10.3. The molecule has 0 bridgehead atoms. The monoisotopic (exact) mass is 421 g/mol. The Morgan fingerprint density at radius 3 is 2.57 bits per heavy atom. The zero-order chi connectivity index (χ0) is 21.3. The maximum absolute atomic E-state index is 11.0. The molecule has 0 aliphatic heterocycles. The van der Waals surface area contributed by atoms with Gasteiger partial charge in [0, 0.05) is 13.0 Å². The van der Waals surface area contributed by atoms with Gasteiger partial charge in [-0.25, -0.2) is 0 Å². The molecule has 0 spiro atoms. The maximum Gasteiger partial charge on any atom is 0.138 e. The molecule has 0 unspecified atom stereocenters. The number of hydrogen-bond donors (Lipinski definition) is 1. The average Bonchev–Trinajstić information content (AvgIpc) is 2.74. The smallest absolute Gasteiger partial charge is 0.138 e. The summed E-state index contributed by atoms with van der Waals surface area (Å²) in [6, 6.07) is 22.5. The van der Waals surface area contributed by atoms with Gasteiger partial charge in [-0.2, -0.15) is 0 Å². The van der Waals surface area contributed by atoms with Gasteiger partial charge in [0.05, 0.1) is 5.02 Å². The first-order chi connectivity index (χ1) is 14.5. The second-order valence-electron chi connectivity index (χ2n) is 7.49. The Labute approximate surface area is 184 Å². The van der Waals surface area contributed by atoms with Gasteiger partial charge >= 0.3 is 0 Å². The molecule has 0 aliphatic carbocycles. The van der Waals surface area contributed by atoms with Crippen molar-refractivity contribution in [1.82, 2.24) is 5.32 Å². The van der Waals surface area contributed by atoms with Crippen molar-refractivity contribution in [3.05, 3.63) is 88.4 Å². The Hall–Kier alpha value is -2.62. The largest absolute Gasteiger partial charge is 0.487 e. The van der Waals surface area contributed by atoms with Crippen LogP contribution in [0.1, 0.15) is 36.5 Å². The minimum absolute atomic E-state index is 0.228. The molecule has 1 N–H and O–H groups in total. The SMILES string of the molecule is CC(=O)CCCNCc1ccc(OCc2cccc(-c3ccccc3)c2C)c(Cl)c1. The van der Waals surface area contributed by atoms with Gasteiger partial charge < -0.3 is 14.8 Å². The standard InChI is InChI=1S/C26H28ClNO2/c1-19(29)8-7-15-28-17-21-13-14-26(25(27)16-21)30-18-23-11-6-12-24(20(23)2)22-9-4-3-5-10-22/h3-6,9-14,16,28H,7-8,15,17-18H2,1-2H3. The average molecular weight is 422 g/mol. The highest BCUT2D eigenvalue weighted by molar-refractivity contribution is 6.32. The second-order valence-corrected chi connectivity index (χ2v) is 7.90. The van der Waals surface area contributed by atoms with Crippen molar-refractivity contribution in [2.24, 2.45) is 0 Å². The number of rotatable bonds is 10. The first-order valence-corrected chi connectivity index (χ1v) is 10.7. The van der Waals surface area contributed by atoms with E-state index in [1.807, 2.05) is 24.3 Å². The van der Waals surface area contributed by atoms with E-state index in [0.717, 1.165) is 30.6 Å². The van der Waals surface area contributed by atoms with Crippen molar-refractivity contribution >= 4 is 17.4 Å². The summed E-state index contributed by atoms with van der Waals surface area (Å²) in [5, 5.41) is 3.95. The number of Topliss-reactive ketones (excluding diaryl/α,β-unsaturated/α-hetero) is 1. The first kappa shape index (κ1) is 22.1. The fraction of sp³-hybridized carbons (Fsp3) is 0.269. The van der Waals surface area contributed by atoms with Gasteiger partial charge in [-0.15, -0.1) is 0 Å². The Bertz CT molecular complexity index is 986. The van der Waals surface area contributed by atoms with Crippen LogP contribution in [0.15, 0.2) is 66.7 Å². The summed E-state index contributed by atoms with van der Waals surface area (Å²) >= 11 is 6.45. The molecule has 4 heteroatoms. The summed E-state index contributed by atoms with van der Waals surface area (Å²) in [6.07, 6.45) is 1.47. The summed E-state index contributed by atoms with van der Waals surface area (Å²) in [7, 11) is 0. The third kappa shape index (κ3) is 6.19. The second kappa shape index (κ2) is 11.0. The number of hydrogen-bond acceptors (Lipinski definition) is 3. The minimum atomic E-state index is 0.228. The Morgan fingerprint density at radius 1 is 1.03 bits per heavy atom. The molecule has 156 valence electrons. The van der Waals surface area contributed by atoms with Crippen molar-refractivity contribution < 1.29 is 9.53 Å². The molecule has 0 radical (unpaired) electrons. The third-order valence-corrected chi connectivity index (χ3v) is 5.42. The van der Waals surface area contributed by atoms with Crippen molar-refractivity contribution in [3.8, 4) is 16.9 Å². The molecule has 0 aromatic heterocycles. The number of benzene rings is 3. The van der Waals surface area contributed by atoms with E-state index in [-0.39, 0.29) is 5.78 Å². The van der Waals surface area contributed by atoms with Crippen LogP contribution in [-0.2, 0) is 17.9 Å². The van der Waals surface area contributed by atoms with Crippen LogP contribution in [0.2, 0.25) is 5.02 Å². The zero-order valence-corrected chi connectivity index (χ0v) is 18.3. The summed E-state index contributed by atoms with van der Waals surface area (Å²) in [5.41, 5.74) is 5.87. The van der Waals surface area contributed by atoms with Gasteiger partial charge in [0.15, 0.2) is 0 Å². The lowest BCUT2D eigenvalue weighted by Crippen LogP contribution is -2.15. The van der Waals surface area contributed by atoms with Crippen molar-refractivity contribution in [2.75, 3.05) is 6.54 Å². The minimum Gasteiger partial charge on any atom is -0.487 e. The molecule has 0 atom stereocenters. The van der Waals surface area contributed by atoms with Crippen LogP contribution < -0.4 is 10.1 Å². The molecule has 30 heavy (non-hydrogen) atoms. The predicted molar refractivity (Wildman–Crippen MR) is 124 cm³/mol. The lowest BCUT2D eigenvalue weighted by atomic mass is 9.97. The van der Waals surface area contributed by atoms with Crippen molar-refractivity contribution in [1.29, 1.82) is 0 Å². The fourth-order valence-corrected chi connectivity index (χ4v) is 3.65. The van der Waals surface area contributed by atoms with Crippen LogP contribution in [-0.4, -0.2) is 12.3 Å². The van der Waals surface area contributed by atoms with Gasteiger partial charge in [-0.1, -0.05) is 66.2 Å². The van der Waals surface area contributed by atoms with Gasteiger partial charge in [-0.05, 0) is 66.8 Å². The van der Waals surface area contributed by atoms with E-state index in [0.29, 0.717) is 23.8 Å². The summed E-state index contributed by atoms with van der Waals surface area (Å²) in [4.78, 5) is 11.0. The van der Waals surface area contributed by atoms with E-state index in [1.54, 1.807) is 6.92 Å². The molecule has 0 saturated carbocycles. The number of halogens is 1. The lowest BCUT2D eigenvalue weighted by molar-refractivity contribution is -0.117. The Morgan fingerprint density at radius 2 is 1.83 bits per heavy atom. The predicted octanol–water partition coefficient (Wildman–Crippen LogP) is 6.35. The number of carbonyl (C=O) groups excluding carboxylic acids is 1. The normalized spacial score (nSPS) is 10.8. The van der Waals surface area contributed by atoms with Crippen molar-refractivity contribution in [2.45, 2.75) is 39.8 Å². The fourth-order valence-electron chi connectivity index (χ4n) is 3.39. The summed E-state index contributed by atoms with van der Waals surface area (Å²) in [6.45, 7) is 5.75. The van der Waals surface area contributed by atoms with Gasteiger partial charge in [-0.3, -0.25) is 0 Å². The molecule has 0 aliphatic rings. The highest BCUT2D eigenvalue weighted by Gasteiger charge is 2.09. The Balaban J connectivity index is 1.59. The number of ether oxygens (including phenoxy) is 1. The lowest BCUT2D eigenvalue weighted by Gasteiger charge is -2.14. The van der Waals surface area contributed by atoms with Crippen LogP contribution in [0.5, 0.6) is 5.75 Å². The van der Waals surface area contributed by atoms with Gasteiger partial charge in [0.2, 0.25) is 0 Å². The molecule has 3 nitrogen and oxygen atoms in total. The van der Waals surface area contributed by atoms with Crippen LogP contribution in [0.4, 0.5) is 0 Å². The number of carbonyl (C=O) groups is 1.